The van der Waals surface area contributed by atoms with E-state index in [4.69, 9.17) is 9.47 Å². The molecule has 0 saturated carbocycles. The normalized spacial score (nSPS) is 10.6. The van der Waals surface area contributed by atoms with Crippen molar-refractivity contribution in [3.63, 3.8) is 0 Å². The predicted molar refractivity (Wildman–Crippen MR) is 82.8 cm³/mol. The quantitative estimate of drug-likeness (QED) is 0.735. The Morgan fingerprint density at radius 3 is 2.29 bits per heavy atom. The summed E-state index contributed by atoms with van der Waals surface area (Å²) in [6, 6.07) is 11.8. The molecule has 0 radical (unpaired) electrons. The topological polar surface area (TPSA) is 44.2 Å². The number of aryl methyl sites for hydroxylation is 1. The van der Waals surface area contributed by atoms with E-state index in [1.54, 1.807) is 20.4 Å². The van der Waals surface area contributed by atoms with Crippen LogP contribution in [0.1, 0.15) is 5.69 Å². The van der Waals surface area contributed by atoms with Crippen LogP contribution in [0, 0.1) is 6.92 Å². The zero-order valence-electron chi connectivity index (χ0n) is 12.3. The SMILES string of the molecule is COc1ccc(-c2cc3cc(OC)ccc3c(C)n2)nc1. The first kappa shape index (κ1) is 13.4. The Labute approximate surface area is 123 Å². The zero-order chi connectivity index (χ0) is 14.8. The van der Waals surface area contributed by atoms with Crippen LogP contribution in [0.3, 0.4) is 0 Å². The average molecular weight is 280 g/mol. The molecule has 0 fully saturated rings. The number of aromatic nitrogens is 2. The van der Waals surface area contributed by atoms with Crippen molar-refractivity contribution in [1.82, 2.24) is 9.97 Å². The number of nitrogens with zero attached hydrogens (tertiary/aromatic N) is 2. The van der Waals surface area contributed by atoms with E-state index in [1.165, 1.54) is 0 Å². The van der Waals surface area contributed by atoms with Gasteiger partial charge in [0.25, 0.3) is 0 Å². The lowest BCUT2D eigenvalue weighted by Crippen LogP contribution is -1.93. The summed E-state index contributed by atoms with van der Waals surface area (Å²) in [5.41, 5.74) is 2.64. The van der Waals surface area contributed by atoms with Crippen molar-refractivity contribution < 1.29 is 9.47 Å². The van der Waals surface area contributed by atoms with Gasteiger partial charge in [-0.25, -0.2) is 0 Å². The first-order chi connectivity index (χ1) is 10.2. The largest absolute Gasteiger partial charge is 0.497 e. The minimum atomic E-state index is 0.734. The molecule has 0 atom stereocenters. The molecule has 0 saturated heterocycles. The minimum absolute atomic E-state index is 0.734. The molecule has 0 unspecified atom stereocenters. The van der Waals surface area contributed by atoms with Crippen molar-refractivity contribution in [3.05, 3.63) is 48.3 Å². The van der Waals surface area contributed by atoms with E-state index in [9.17, 15) is 0 Å². The first-order valence-corrected chi connectivity index (χ1v) is 6.67. The number of hydrogen-bond acceptors (Lipinski definition) is 4. The van der Waals surface area contributed by atoms with E-state index in [-0.39, 0.29) is 0 Å². The second-order valence-corrected chi connectivity index (χ2v) is 4.76. The Bertz CT molecular complexity index is 783. The van der Waals surface area contributed by atoms with Crippen LogP contribution >= 0.6 is 0 Å². The van der Waals surface area contributed by atoms with Crippen molar-refractivity contribution in [2.75, 3.05) is 14.2 Å². The summed E-state index contributed by atoms with van der Waals surface area (Å²) in [6.45, 7) is 2.00. The maximum atomic E-state index is 5.29. The fraction of sp³-hybridized carbons (Fsp3) is 0.176. The van der Waals surface area contributed by atoms with Crippen LogP contribution in [0.15, 0.2) is 42.6 Å². The second-order valence-electron chi connectivity index (χ2n) is 4.76. The molecule has 2 heterocycles. The van der Waals surface area contributed by atoms with Gasteiger partial charge in [-0.2, -0.15) is 0 Å². The molecular formula is C17H16N2O2. The Kier molecular flexibility index (Phi) is 3.44. The van der Waals surface area contributed by atoms with Crippen molar-refractivity contribution in [3.8, 4) is 22.9 Å². The van der Waals surface area contributed by atoms with E-state index in [0.717, 1.165) is 39.4 Å². The fourth-order valence-electron chi connectivity index (χ4n) is 2.32. The van der Waals surface area contributed by atoms with Crippen LogP contribution in [0.4, 0.5) is 0 Å². The molecule has 1 aromatic carbocycles. The molecular weight excluding hydrogens is 264 g/mol. The number of benzene rings is 1. The number of rotatable bonds is 3. The minimum Gasteiger partial charge on any atom is -0.497 e. The standard InChI is InChI=1S/C17H16N2O2/c1-11-15-6-4-13(20-2)8-12(15)9-17(19-11)16-7-5-14(21-3)10-18-16/h4-10H,1-3H3. The van der Waals surface area contributed by atoms with Gasteiger partial charge in [0.2, 0.25) is 0 Å². The van der Waals surface area contributed by atoms with E-state index < -0.39 is 0 Å². The van der Waals surface area contributed by atoms with Gasteiger partial charge in [-0.15, -0.1) is 0 Å². The maximum Gasteiger partial charge on any atom is 0.137 e. The molecule has 106 valence electrons. The Balaban J connectivity index is 2.13. The lowest BCUT2D eigenvalue weighted by atomic mass is 10.1. The highest BCUT2D eigenvalue weighted by atomic mass is 16.5. The number of ether oxygens (including phenoxy) is 2. The number of fused-ring (bicyclic) bond motifs is 1. The van der Waals surface area contributed by atoms with Crippen LogP contribution in [-0.4, -0.2) is 24.2 Å². The molecule has 0 bridgehead atoms. The summed E-state index contributed by atoms with van der Waals surface area (Å²) >= 11 is 0. The Hall–Kier alpha value is -2.62. The summed E-state index contributed by atoms with van der Waals surface area (Å²) in [5.74, 6) is 1.57. The summed E-state index contributed by atoms with van der Waals surface area (Å²) in [5, 5.41) is 2.21. The van der Waals surface area contributed by atoms with Gasteiger partial charge in [0.15, 0.2) is 0 Å². The van der Waals surface area contributed by atoms with E-state index in [1.807, 2.05) is 43.3 Å². The van der Waals surface area contributed by atoms with E-state index in [2.05, 4.69) is 9.97 Å². The molecule has 0 N–H and O–H groups in total. The molecule has 0 aliphatic heterocycles. The van der Waals surface area contributed by atoms with Crippen molar-refractivity contribution in [2.45, 2.75) is 6.92 Å². The van der Waals surface area contributed by atoms with Gasteiger partial charge in [0, 0.05) is 11.1 Å². The summed E-state index contributed by atoms with van der Waals surface area (Å²) in [4.78, 5) is 9.03. The average Bonchev–Trinajstić information content (AvgIpc) is 2.54. The van der Waals surface area contributed by atoms with Gasteiger partial charge < -0.3 is 9.47 Å². The van der Waals surface area contributed by atoms with E-state index in [0.29, 0.717) is 0 Å². The van der Waals surface area contributed by atoms with Gasteiger partial charge in [0.1, 0.15) is 11.5 Å². The summed E-state index contributed by atoms with van der Waals surface area (Å²) in [6.07, 6.45) is 1.70. The molecule has 3 rings (SSSR count). The molecule has 0 aliphatic rings. The van der Waals surface area contributed by atoms with Gasteiger partial charge in [-0.1, -0.05) is 0 Å². The van der Waals surface area contributed by atoms with Crippen LogP contribution in [-0.2, 0) is 0 Å². The first-order valence-electron chi connectivity index (χ1n) is 6.67. The highest BCUT2D eigenvalue weighted by molar-refractivity contribution is 5.88. The number of hydrogen-bond donors (Lipinski definition) is 0. The zero-order valence-corrected chi connectivity index (χ0v) is 12.3. The van der Waals surface area contributed by atoms with Crippen molar-refractivity contribution >= 4 is 10.8 Å². The molecule has 3 aromatic rings. The molecule has 0 spiro atoms. The lowest BCUT2D eigenvalue weighted by Gasteiger charge is -2.08. The van der Waals surface area contributed by atoms with Crippen molar-refractivity contribution in [1.29, 1.82) is 0 Å². The van der Waals surface area contributed by atoms with Crippen LogP contribution in [0.2, 0.25) is 0 Å². The monoisotopic (exact) mass is 280 g/mol. The summed E-state index contributed by atoms with van der Waals surface area (Å²) in [7, 11) is 3.29. The van der Waals surface area contributed by atoms with Gasteiger partial charge in [0.05, 0.1) is 31.8 Å². The fourth-order valence-corrected chi connectivity index (χ4v) is 2.32. The Morgan fingerprint density at radius 1 is 0.857 bits per heavy atom. The molecule has 4 nitrogen and oxygen atoms in total. The maximum absolute atomic E-state index is 5.29. The Morgan fingerprint density at radius 2 is 1.62 bits per heavy atom. The smallest absolute Gasteiger partial charge is 0.137 e. The predicted octanol–water partition coefficient (Wildman–Crippen LogP) is 3.62. The van der Waals surface area contributed by atoms with Crippen LogP contribution in [0.25, 0.3) is 22.2 Å². The highest BCUT2D eigenvalue weighted by Crippen LogP contribution is 2.27. The molecule has 2 aromatic heterocycles. The third kappa shape index (κ3) is 2.52. The molecule has 4 heteroatoms. The molecule has 21 heavy (non-hydrogen) atoms. The van der Waals surface area contributed by atoms with Crippen molar-refractivity contribution in [2.24, 2.45) is 0 Å². The third-order valence-electron chi connectivity index (χ3n) is 3.46. The van der Waals surface area contributed by atoms with E-state index >= 15 is 0 Å². The van der Waals surface area contributed by atoms with Crippen LogP contribution in [0.5, 0.6) is 11.5 Å². The van der Waals surface area contributed by atoms with Gasteiger partial charge >= 0.3 is 0 Å². The number of methoxy groups -OCH3 is 2. The summed E-state index contributed by atoms with van der Waals surface area (Å²) < 4.78 is 10.4. The second kappa shape index (κ2) is 5.40. The molecule has 0 aliphatic carbocycles. The van der Waals surface area contributed by atoms with Gasteiger partial charge in [-0.05, 0) is 48.7 Å². The highest BCUT2D eigenvalue weighted by Gasteiger charge is 2.07. The lowest BCUT2D eigenvalue weighted by molar-refractivity contribution is 0.413. The molecule has 0 amide bonds. The van der Waals surface area contributed by atoms with Gasteiger partial charge in [-0.3, -0.25) is 9.97 Å². The number of pyridine rings is 2. The third-order valence-corrected chi connectivity index (χ3v) is 3.46. The van der Waals surface area contributed by atoms with Crippen LogP contribution < -0.4 is 9.47 Å².